The van der Waals surface area contributed by atoms with Gasteiger partial charge in [0, 0.05) is 18.1 Å². The third-order valence-electron chi connectivity index (χ3n) is 2.99. The van der Waals surface area contributed by atoms with E-state index in [1.165, 1.54) is 6.07 Å². The summed E-state index contributed by atoms with van der Waals surface area (Å²) in [4.78, 5) is 0.108. The fourth-order valence-corrected chi connectivity index (χ4v) is 3.89. The van der Waals surface area contributed by atoms with Crippen molar-refractivity contribution in [2.24, 2.45) is 0 Å². The highest BCUT2D eigenvalue weighted by atomic mass is 35.5. The molecule has 1 aliphatic rings. The van der Waals surface area contributed by atoms with Crippen LogP contribution >= 0.6 is 11.6 Å². The van der Waals surface area contributed by atoms with Gasteiger partial charge in [-0.2, -0.15) is 4.31 Å². The first-order chi connectivity index (χ1) is 8.32. The summed E-state index contributed by atoms with van der Waals surface area (Å²) in [5.74, 6) is 0. The van der Waals surface area contributed by atoms with Crippen molar-refractivity contribution >= 4 is 21.6 Å². The van der Waals surface area contributed by atoms with E-state index in [9.17, 15) is 18.6 Å². The van der Waals surface area contributed by atoms with E-state index in [-0.39, 0.29) is 18.0 Å². The van der Waals surface area contributed by atoms with Crippen LogP contribution in [0.25, 0.3) is 0 Å². The van der Waals surface area contributed by atoms with E-state index in [2.05, 4.69) is 0 Å². The minimum atomic E-state index is -3.73. The Balaban J connectivity index is 2.40. The first-order valence-corrected chi connectivity index (χ1v) is 7.26. The standard InChI is InChI=1S/C11H14ClNO4S/c1-7-2-3-8(12)4-11(7)18(16,17)13-5-9(14)10(15)6-13/h2-4,9-10,14-15H,5-6H2,1H3. The third-order valence-corrected chi connectivity index (χ3v) is 5.20. The summed E-state index contributed by atoms with van der Waals surface area (Å²) in [5, 5.41) is 19.2. The number of halogens is 1. The SMILES string of the molecule is Cc1ccc(Cl)cc1S(=O)(=O)N1CC(O)C(O)C1. The van der Waals surface area contributed by atoms with Crippen molar-refractivity contribution in [3.8, 4) is 0 Å². The molecule has 0 saturated carbocycles. The molecule has 2 atom stereocenters. The Labute approximate surface area is 111 Å². The van der Waals surface area contributed by atoms with Gasteiger partial charge in [-0.25, -0.2) is 8.42 Å². The molecule has 1 aromatic carbocycles. The Bertz CT molecular complexity index is 550. The lowest BCUT2D eigenvalue weighted by Crippen LogP contribution is -2.30. The van der Waals surface area contributed by atoms with Gasteiger partial charge in [0.05, 0.1) is 17.1 Å². The van der Waals surface area contributed by atoms with Gasteiger partial charge < -0.3 is 10.2 Å². The molecule has 0 aliphatic carbocycles. The molecule has 5 nitrogen and oxygen atoms in total. The summed E-state index contributed by atoms with van der Waals surface area (Å²) in [6, 6.07) is 4.62. The number of benzene rings is 1. The molecule has 2 unspecified atom stereocenters. The molecule has 0 spiro atoms. The molecule has 18 heavy (non-hydrogen) atoms. The van der Waals surface area contributed by atoms with Gasteiger partial charge in [-0.15, -0.1) is 0 Å². The zero-order chi connectivity index (χ0) is 13.5. The van der Waals surface area contributed by atoms with E-state index in [1.807, 2.05) is 0 Å². The highest BCUT2D eigenvalue weighted by Crippen LogP contribution is 2.26. The lowest BCUT2D eigenvalue weighted by Gasteiger charge is -2.17. The normalized spacial score (nSPS) is 25.6. The van der Waals surface area contributed by atoms with Gasteiger partial charge in [0.15, 0.2) is 0 Å². The first kappa shape index (κ1) is 13.8. The van der Waals surface area contributed by atoms with Crippen LogP contribution in [0.2, 0.25) is 5.02 Å². The molecule has 2 N–H and O–H groups in total. The molecule has 0 radical (unpaired) electrons. The highest BCUT2D eigenvalue weighted by molar-refractivity contribution is 7.89. The third kappa shape index (κ3) is 2.39. The van der Waals surface area contributed by atoms with Crippen LogP contribution in [0.15, 0.2) is 23.1 Å². The number of β-amino-alcohol motifs (C(OH)–C–C–N with tert-alkyl or cyclic N) is 2. The zero-order valence-electron chi connectivity index (χ0n) is 9.75. The molecule has 0 amide bonds. The van der Waals surface area contributed by atoms with Crippen LogP contribution in [0.4, 0.5) is 0 Å². The second-order valence-corrected chi connectivity index (χ2v) is 6.71. The van der Waals surface area contributed by atoms with Crippen molar-refractivity contribution in [1.29, 1.82) is 0 Å². The number of aliphatic hydroxyl groups is 2. The molecule has 7 heteroatoms. The lowest BCUT2D eigenvalue weighted by atomic mass is 10.2. The predicted octanol–water partition coefficient (Wildman–Crippen LogP) is 0.375. The minimum absolute atomic E-state index is 0.102. The average molecular weight is 292 g/mol. The predicted molar refractivity (Wildman–Crippen MR) is 67.0 cm³/mol. The molecule has 1 saturated heterocycles. The Morgan fingerprint density at radius 3 is 2.39 bits per heavy atom. The maximum absolute atomic E-state index is 12.3. The van der Waals surface area contributed by atoms with E-state index in [0.717, 1.165) is 4.31 Å². The van der Waals surface area contributed by atoms with Gasteiger partial charge in [-0.1, -0.05) is 17.7 Å². The summed E-state index contributed by atoms with van der Waals surface area (Å²) in [5.41, 5.74) is 0.579. The summed E-state index contributed by atoms with van der Waals surface area (Å²) in [7, 11) is -3.73. The lowest BCUT2D eigenvalue weighted by molar-refractivity contribution is 0.0572. The second-order valence-electron chi connectivity index (χ2n) is 4.37. The molecule has 0 bridgehead atoms. The van der Waals surface area contributed by atoms with Gasteiger partial charge in [-0.3, -0.25) is 0 Å². The van der Waals surface area contributed by atoms with Crippen LogP contribution in [0.5, 0.6) is 0 Å². The highest BCUT2D eigenvalue weighted by Gasteiger charge is 2.38. The number of hydrogen-bond donors (Lipinski definition) is 2. The topological polar surface area (TPSA) is 77.8 Å². The van der Waals surface area contributed by atoms with Crippen LogP contribution in [0, 0.1) is 6.92 Å². The maximum Gasteiger partial charge on any atom is 0.243 e. The summed E-state index contributed by atoms with van der Waals surface area (Å²) in [6.45, 7) is 1.47. The van der Waals surface area contributed by atoms with Gasteiger partial charge in [0.25, 0.3) is 0 Å². The number of aliphatic hydroxyl groups excluding tert-OH is 2. The second kappa shape index (κ2) is 4.79. The molecule has 2 rings (SSSR count). The molecular formula is C11H14ClNO4S. The number of aryl methyl sites for hydroxylation is 1. The average Bonchev–Trinajstić information content (AvgIpc) is 2.63. The fraction of sp³-hybridized carbons (Fsp3) is 0.455. The van der Waals surface area contributed by atoms with E-state index in [0.29, 0.717) is 10.6 Å². The van der Waals surface area contributed by atoms with Crippen molar-refractivity contribution in [3.63, 3.8) is 0 Å². The van der Waals surface area contributed by atoms with Crippen LogP contribution in [-0.2, 0) is 10.0 Å². The Morgan fingerprint density at radius 1 is 1.28 bits per heavy atom. The van der Waals surface area contributed by atoms with Crippen molar-refractivity contribution < 1.29 is 18.6 Å². The Kier molecular flexibility index (Phi) is 3.66. The molecule has 0 aromatic heterocycles. The van der Waals surface area contributed by atoms with Crippen LogP contribution < -0.4 is 0 Å². The summed E-state index contributed by atoms with van der Waals surface area (Å²) >= 11 is 5.81. The van der Waals surface area contributed by atoms with Gasteiger partial charge in [-0.05, 0) is 24.6 Å². The van der Waals surface area contributed by atoms with Crippen LogP contribution in [0.1, 0.15) is 5.56 Å². The van der Waals surface area contributed by atoms with E-state index < -0.39 is 22.2 Å². The smallest absolute Gasteiger partial charge is 0.243 e. The molecule has 1 aliphatic heterocycles. The van der Waals surface area contributed by atoms with Crippen LogP contribution in [0.3, 0.4) is 0 Å². The van der Waals surface area contributed by atoms with E-state index in [1.54, 1.807) is 19.1 Å². The quantitative estimate of drug-likeness (QED) is 0.825. The minimum Gasteiger partial charge on any atom is -0.389 e. The van der Waals surface area contributed by atoms with Gasteiger partial charge in [0.2, 0.25) is 10.0 Å². The number of rotatable bonds is 2. The van der Waals surface area contributed by atoms with Crippen LogP contribution in [-0.4, -0.2) is 48.2 Å². The van der Waals surface area contributed by atoms with Gasteiger partial charge >= 0.3 is 0 Å². The molecule has 1 aromatic rings. The number of sulfonamides is 1. The summed E-state index contributed by atoms with van der Waals surface area (Å²) < 4.78 is 25.8. The molecular weight excluding hydrogens is 278 g/mol. The number of hydrogen-bond acceptors (Lipinski definition) is 4. The largest absolute Gasteiger partial charge is 0.389 e. The van der Waals surface area contributed by atoms with Crippen molar-refractivity contribution in [2.75, 3.05) is 13.1 Å². The fourth-order valence-electron chi connectivity index (χ4n) is 1.92. The Morgan fingerprint density at radius 2 is 1.83 bits per heavy atom. The van der Waals surface area contributed by atoms with Crippen molar-refractivity contribution in [2.45, 2.75) is 24.0 Å². The molecule has 1 fully saturated rings. The maximum atomic E-state index is 12.3. The molecule has 1 heterocycles. The number of nitrogens with zero attached hydrogens (tertiary/aromatic N) is 1. The zero-order valence-corrected chi connectivity index (χ0v) is 11.3. The van der Waals surface area contributed by atoms with Gasteiger partial charge in [0.1, 0.15) is 0 Å². The van der Waals surface area contributed by atoms with E-state index in [4.69, 9.17) is 11.6 Å². The van der Waals surface area contributed by atoms with Crippen molar-refractivity contribution in [1.82, 2.24) is 4.31 Å². The first-order valence-electron chi connectivity index (χ1n) is 5.45. The Hall–Kier alpha value is -0.660. The van der Waals surface area contributed by atoms with E-state index >= 15 is 0 Å². The molecule has 100 valence electrons. The van der Waals surface area contributed by atoms with Crippen molar-refractivity contribution in [3.05, 3.63) is 28.8 Å². The monoisotopic (exact) mass is 291 g/mol. The summed E-state index contributed by atoms with van der Waals surface area (Å²) in [6.07, 6.45) is -2.08.